The minimum Gasteiger partial charge on any atom is -0.493 e. The molecule has 1 aliphatic rings. The van der Waals surface area contributed by atoms with Gasteiger partial charge in [-0.3, -0.25) is 0 Å². The largest absolute Gasteiger partial charge is 0.493 e. The lowest BCUT2D eigenvalue weighted by atomic mass is 9.93. The van der Waals surface area contributed by atoms with Crippen LogP contribution in [-0.2, 0) is 6.42 Å². The average Bonchev–Trinajstić information content (AvgIpc) is 3.05. The average molecular weight is 247 g/mol. The lowest BCUT2D eigenvalue weighted by Gasteiger charge is -2.22. The van der Waals surface area contributed by atoms with Crippen molar-refractivity contribution in [2.45, 2.75) is 52.5 Å². The van der Waals surface area contributed by atoms with Crippen molar-refractivity contribution in [1.82, 2.24) is 0 Å². The molecule has 1 fully saturated rings. The normalized spacial score (nSPS) is 15.8. The molecule has 0 spiro atoms. The molecule has 0 radical (unpaired) electrons. The van der Waals surface area contributed by atoms with Crippen LogP contribution in [0.1, 0.15) is 43.4 Å². The fraction of sp³-hybridized carbons (Fsp3) is 0.625. The second kappa shape index (κ2) is 4.93. The first-order valence-corrected chi connectivity index (χ1v) is 6.87. The highest BCUT2D eigenvalue weighted by atomic mass is 16.5. The third-order valence-electron chi connectivity index (χ3n) is 3.56. The summed E-state index contributed by atoms with van der Waals surface area (Å²) in [5.41, 5.74) is 9.74. The van der Waals surface area contributed by atoms with E-state index >= 15 is 0 Å². The summed E-state index contributed by atoms with van der Waals surface area (Å²) in [6, 6.07) is 4.33. The molecule has 1 aromatic rings. The Balaban J connectivity index is 2.22. The van der Waals surface area contributed by atoms with Gasteiger partial charge in [-0.1, -0.05) is 12.1 Å². The second-order valence-electron chi connectivity index (χ2n) is 6.42. The SMILES string of the molecule is Cc1ccc(CC(C)(C)N)c(OCC2CC2)c1C. The van der Waals surface area contributed by atoms with E-state index in [1.165, 1.54) is 29.5 Å². The van der Waals surface area contributed by atoms with Crippen LogP contribution in [-0.4, -0.2) is 12.1 Å². The quantitative estimate of drug-likeness (QED) is 0.865. The van der Waals surface area contributed by atoms with Crippen molar-refractivity contribution in [1.29, 1.82) is 0 Å². The molecule has 0 unspecified atom stereocenters. The van der Waals surface area contributed by atoms with Gasteiger partial charge in [0.25, 0.3) is 0 Å². The zero-order chi connectivity index (χ0) is 13.3. The summed E-state index contributed by atoms with van der Waals surface area (Å²) >= 11 is 0. The van der Waals surface area contributed by atoms with Crippen LogP contribution >= 0.6 is 0 Å². The van der Waals surface area contributed by atoms with Gasteiger partial charge in [0.2, 0.25) is 0 Å². The zero-order valence-corrected chi connectivity index (χ0v) is 12.0. The molecular formula is C16H25NO. The van der Waals surface area contributed by atoms with Crippen molar-refractivity contribution >= 4 is 0 Å². The Morgan fingerprint density at radius 1 is 1.28 bits per heavy atom. The summed E-state index contributed by atoms with van der Waals surface area (Å²) in [6.07, 6.45) is 3.50. The van der Waals surface area contributed by atoms with Gasteiger partial charge in [-0.25, -0.2) is 0 Å². The van der Waals surface area contributed by atoms with Crippen molar-refractivity contribution in [2.75, 3.05) is 6.61 Å². The molecule has 2 rings (SSSR count). The summed E-state index contributed by atoms with van der Waals surface area (Å²) in [4.78, 5) is 0. The van der Waals surface area contributed by atoms with E-state index in [1.54, 1.807) is 0 Å². The Hall–Kier alpha value is -1.02. The van der Waals surface area contributed by atoms with E-state index in [2.05, 4.69) is 39.8 Å². The van der Waals surface area contributed by atoms with Crippen LogP contribution in [0.5, 0.6) is 5.75 Å². The van der Waals surface area contributed by atoms with Gasteiger partial charge < -0.3 is 10.5 Å². The molecule has 2 N–H and O–H groups in total. The molecule has 2 nitrogen and oxygen atoms in total. The highest BCUT2D eigenvalue weighted by Crippen LogP contribution is 2.33. The maximum atomic E-state index is 6.14. The maximum absolute atomic E-state index is 6.14. The van der Waals surface area contributed by atoms with Crippen molar-refractivity contribution in [3.63, 3.8) is 0 Å². The highest BCUT2D eigenvalue weighted by Gasteiger charge is 2.24. The van der Waals surface area contributed by atoms with Gasteiger partial charge in [0.05, 0.1) is 6.61 Å². The Kier molecular flexibility index (Phi) is 3.67. The molecule has 2 heteroatoms. The van der Waals surface area contributed by atoms with Gasteiger partial charge in [0.15, 0.2) is 0 Å². The highest BCUT2D eigenvalue weighted by molar-refractivity contribution is 5.46. The van der Waals surface area contributed by atoms with Crippen molar-refractivity contribution < 1.29 is 4.74 Å². The molecule has 0 atom stereocenters. The zero-order valence-electron chi connectivity index (χ0n) is 12.0. The Morgan fingerprint density at radius 2 is 1.94 bits per heavy atom. The predicted molar refractivity (Wildman–Crippen MR) is 76.1 cm³/mol. The van der Waals surface area contributed by atoms with Gasteiger partial charge >= 0.3 is 0 Å². The van der Waals surface area contributed by atoms with E-state index in [1.807, 2.05) is 0 Å². The van der Waals surface area contributed by atoms with Crippen LogP contribution < -0.4 is 10.5 Å². The minimum absolute atomic E-state index is 0.195. The Labute approximate surface area is 111 Å². The fourth-order valence-corrected chi connectivity index (χ4v) is 2.16. The van der Waals surface area contributed by atoms with Crippen molar-refractivity contribution in [3.05, 3.63) is 28.8 Å². The summed E-state index contributed by atoms with van der Waals surface area (Å²) < 4.78 is 6.06. The number of hydrogen-bond acceptors (Lipinski definition) is 2. The number of nitrogens with two attached hydrogens (primary N) is 1. The van der Waals surface area contributed by atoms with Crippen LogP contribution in [0.3, 0.4) is 0 Å². The van der Waals surface area contributed by atoms with Crippen LogP contribution in [0.25, 0.3) is 0 Å². The molecule has 0 aromatic heterocycles. The molecule has 0 bridgehead atoms. The third kappa shape index (κ3) is 3.49. The maximum Gasteiger partial charge on any atom is 0.125 e. The number of benzene rings is 1. The van der Waals surface area contributed by atoms with Gasteiger partial charge in [-0.15, -0.1) is 0 Å². The topological polar surface area (TPSA) is 35.2 Å². The van der Waals surface area contributed by atoms with Crippen LogP contribution in [0, 0.1) is 19.8 Å². The van der Waals surface area contributed by atoms with E-state index in [9.17, 15) is 0 Å². The Bertz CT molecular complexity index is 427. The van der Waals surface area contributed by atoms with E-state index in [0.717, 1.165) is 24.7 Å². The molecule has 1 saturated carbocycles. The molecule has 1 aromatic carbocycles. The smallest absolute Gasteiger partial charge is 0.125 e. The van der Waals surface area contributed by atoms with E-state index in [4.69, 9.17) is 10.5 Å². The monoisotopic (exact) mass is 247 g/mol. The molecule has 100 valence electrons. The predicted octanol–water partition coefficient (Wildman–Crippen LogP) is 3.37. The van der Waals surface area contributed by atoms with Crippen LogP contribution in [0.2, 0.25) is 0 Å². The van der Waals surface area contributed by atoms with E-state index in [0.29, 0.717) is 0 Å². The first-order chi connectivity index (χ1) is 8.37. The molecule has 1 aliphatic carbocycles. The first kappa shape index (κ1) is 13.4. The van der Waals surface area contributed by atoms with Gasteiger partial charge in [0, 0.05) is 5.54 Å². The first-order valence-electron chi connectivity index (χ1n) is 6.87. The van der Waals surface area contributed by atoms with Crippen molar-refractivity contribution in [2.24, 2.45) is 11.7 Å². The van der Waals surface area contributed by atoms with E-state index < -0.39 is 0 Å². The molecule has 18 heavy (non-hydrogen) atoms. The summed E-state index contributed by atoms with van der Waals surface area (Å²) in [5.74, 6) is 1.85. The molecular weight excluding hydrogens is 222 g/mol. The van der Waals surface area contributed by atoms with Gasteiger partial charge in [-0.2, -0.15) is 0 Å². The fourth-order valence-electron chi connectivity index (χ4n) is 2.16. The minimum atomic E-state index is -0.195. The summed E-state index contributed by atoms with van der Waals surface area (Å²) in [6.45, 7) is 9.27. The van der Waals surface area contributed by atoms with Crippen molar-refractivity contribution in [3.8, 4) is 5.75 Å². The number of ether oxygens (including phenoxy) is 1. The van der Waals surface area contributed by atoms with Gasteiger partial charge in [-0.05, 0) is 69.6 Å². The summed E-state index contributed by atoms with van der Waals surface area (Å²) in [7, 11) is 0. The summed E-state index contributed by atoms with van der Waals surface area (Å²) in [5, 5.41) is 0. The third-order valence-corrected chi connectivity index (χ3v) is 3.56. The standard InChI is InChI=1S/C16H25NO/c1-11-5-8-14(9-16(3,4)17)15(12(11)2)18-10-13-6-7-13/h5,8,13H,6-7,9-10,17H2,1-4H3. The van der Waals surface area contributed by atoms with Crippen LogP contribution in [0.4, 0.5) is 0 Å². The Morgan fingerprint density at radius 3 is 2.50 bits per heavy atom. The van der Waals surface area contributed by atoms with Gasteiger partial charge in [0.1, 0.15) is 5.75 Å². The number of rotatable bonds is 5. The molecule has 0 heterocycles. The molecule has 0 saturated heterocycles. The molecule has 0 amide bonds. The lowest BCUT2D eigenvalue weighted by molar-refractivity contribution is 0.292. The number of aryl methyl sites for hydroxylation is 1. The molecule has 0 aliphatic heterocycles. The van der Waals surface area contributed by atoms with Crippen LogP contribution in [0.15, 0.2) is 12.1 Å². The lowest BCUT2D eigenvalue weighted by Crippen LogP contribution is -2.34. The number of hydrogen-bond donors (Lipinski definition) is 1. The second-order valence-corrected chi connectivity index (χ2v) is 6.42. The van der Waals surface area contributed by atoms with E-state index in [-0.39, 0.29) is 5.54 Å².